The number of halogens is 1. The van der Waals surface area contributed by atoms with E-state index in [1.807, 2.05) is 54.6 Å². The summed E-state index contributed by atoms with van der Waals surface area (Å²) < 4.78 is 6.70. The van der Waals surface area contributed by atoms with Crippen molar-refractivity contribution in [2.24, 2.45) is 0 Å². The number of benzene rings is 3. The second kappa shape index (κ2) is 7.95. The highest BCUT2D eigenvalue weighted by atomic mass is 79.9. The number of carbonyl (C=O) groups is 2. The Labute approximate surface area is 184 Å². The molecule has 0 aromatic heterocycles. The number of carbonyl (C=O) groups excluding carboxylic acids is 2. The highest BCUT2D eigenvalue weighted by Crippen LogP contribution is 2.35. The van der Waals surface area contributed by atoms with Crippen molar-refractivity contribution in [2.45, 2.75) is 25.9 Å². The molecule has 1 heterocycles. The molecule has 4 rings (SSSR count). The lowest BCUT2D eigenvalue weighted by Crippen LogP contribution is -2.43. The molecular formula is C24H21BrN2O3. The van der Waals surface area contributed by atoms with Crippen molar-refractivity contribution in [1.29, 1.82) is 0 Å². The summed E-state index contributed by atoms with van der Waals surface area (Å²) in [6, 6.07) is 23.8. The van der Waals surface area contributed by atoms with Crippen molar-refractivity contribution in [3.8, 4) is 11.5 Å². The second-order valence-electron chi connectivity index (χ2n) is 7.57. The van der Waals surface area contributed by atoms with Crippen LogP contribution in [0.2, 0.25) is 0 Å². The number of anilines is 1. The van der Waals surface area contributed by atoms with Crippen LogP contribution in [-0.2, 0) is 11.3 Å². The summed E-state index contributed by atoms with van der Waals surface area (Å²) in [5.41, 5.74) is 0.513. The first-order valence-corrected chi connectivity index (χ1v) is 10.4. The molecule has 0 atom stereocenters. The third-order valence-electron chi connectivity index (χ3n) is 5.18. The molecule has 0 unspecified atom stereocenters. The zero-order valence-electron chi connectivity index (χ0n) is 16.7. The van der Waals surface area contributed by atoms with Crippen LogP contribution in [0.25, 0.3) is 0 Å². The van der Waals surface area contributed by atoms with Gasteiger partial charge in [-0.15, -0.1) is 0 Å². The van der Waals surface area contributed by atoms with Crippen LogP contribution in [-0.4, -0.2) is 22.4 Å². The van der Waals surface area contributed by atoms with Crippen molar-refractivity contribution >= 4 is 33.6 Å². The largest absolute Gasteiger partial charge is 0.457 e. The first kappa shape index (κ1) is 20.2. The molecular weight excluding hydrogens is 444 g/mol. The Morgan fingerprint density at radius 1 is 0.833 bits per heavy atom. The predicted molar refractivity (Wildman–Crippen MR) is 120 cm³/mol. The average Bonchev–Trinajstić information content (AvgIpc) is 2.90. The Kier molecular flexibility index (Phi) is 5.35. The molecule has 152 valence electrons. The molecule has 0 spiro atoms. The van der Waals surface area contributed by atoms with E-state index in [2.05, 4.69) is 15.9 Å². The highest BCUT2D eigenvalue weighted by molar-refractivity contribution is 9.10. The minimum absolute atomic E-state index is 0.253. The number of hydrogen-bond acceptors (Lipinski definition) is 3. The Balaban J connectivity index is 1.57. The predicted octanol–water partition coefficient (Wildman–Crippen LogP) is 5.99. The van der Waals surface area contributed by atoms with Crippen molar-refractivity contribution in [1.82, 2.24) is 4.90 Å². The van der Waals surface area contributed by atoms with E-state index in [-0.39, 0.29) is 11.9 Å². The normalized spacial score (nSPS) is 15.6. The van der Waals surface area contributed by atoms with Gasteiger partial charge in [-0.3, -0.25) is 4.79 Å². The van der Waals surface area contributed by atoms with Crippen LogP contribution in [0.15, 0.2) is 83.3 Å². The van der Waals surface area contributed by atoms with E-state index < -0.39 is 5.54 Å². The number of rotatable bonds is 5. The summed E-state index contributed by atoms with van der Waals surface area (Å²) in [7, 11) is 0. The highest BCUT2D eigenvalue weighted by Gasteiger charge is 2.51. The Morgan fingerprint density at radius 2 is 1.43 bits per heavy atom. The van der Waals surface area contributed by atoms with Crippen molar-refractivity contribution < 1.29 is 14.3 Å². The molecule has 3 aromatic carbocycles. The number of hydrogen-bond donors (Lipinski definition) is 0. The molecule has 1 saturated heterocycles. The van der Waals surface area contributed by atoms with Gasteiger partial charge in [-0.1, -0.05) is 52.3 Å². The van der Waals surface area contributed by atoms with Gasteiger partial charge in [0.05, 0.1) is 5.69 Å². The van der Waals surface area contributed by atoms with Crippen molar-refractivity contribution in [3.05, 3.63) is 88.9 Å². The van der Waals surface area contributed by atoms with E-state index in [4.69, 9.17) is 4.74 Å². The van der Waals surface area contributed by atoms with E-state index in [0.29, 0.717) is 18.0 Å². The van der Waals surface area contributed by atoms with Gasteiger partial charge in [0.15, 0.2) is 0 Å². The number of ether oxygens (including phenoxy) is 1. The summed E-state index contributed by atoms with van der Waals surface area (Å²) in [6.45, 7) is 3.89. The Hall–Kier alpha value is -3.12. The van der Waals surface area contributed by atoms with Crippen LogP contribution in [0, 0.1) is 0 Å². The van der Waals surface area contributed by atoms with E-state index in [0.717, 1.165) is 15.8 Å². The molecule has 3 aromatic rings. The maximum atomic E-state index is 13.2. The number of imide groups is 1. The monoisotopic (exact) mass is 464 g/mol. The van der Waals surface area contributed by atoms with Gasteiger partial charge in [-0.25, -0.2) is 9.69 Å². The molecule has 0 N–H and O–H groups in total. The number of nitrogens with zero attached hydrogens (tertiary/aromatic N) is 2. The van der Waals surface area contributed by atoms with Crippen molar-refractivity contribution in [3.63, 3.8) is 0 Å². The van der Waals surface area contributed by atoms with E-state index in [1.54, 1.807) is 43.0 Å². The molecule has 1 aliphatic heterocycles. The zero-order valence-corrected chi connectivity index (χ0v) is 18.3. The molecule has 1 fully saturated rings. The van der Waals surface area contributed by atoms with Gasteiger partial charge in [0.1, 0.15) is 17.0 Å². The van der Waals surface area contributed by atoms with Crippen LogP contribution in [0.5, 0.6) is 11.5 Å². The fourth-order valence-electron chi connectivity index (χ4n) is 3.41. The fraction of sp³-hybridized carbons (Fsp3) is 0.167. The third kappa shape index (κ3) is 3.71. The Bertz CT molecular complexity index is 1080. The van der Waals surface area contributed by atoms with Crippen LogP contribution in [0.1, 0.15) is 19.4 Å². The van der Waals surface area contributed by atoms with Gasteiger partial charge in [0.25, 0.3) is 5.91 Å². The lowest BCUT2D eigenvalue weighted by Gasteiger charge is -2.28. The molecule has 1 aliphatic rings. The molecule has 0 saturated carbocycles. The van der Waals surface area contributed by atoms with Gasteiger partial charge in [0.2, 0.25) is 0 Å². The Morgan fingerprint density at radius 3 is 2.10 bits per heavy atom. The quantitative estimate of drug-likeness (QED) is 0.435. The maximum Gasteiger partial charge on any atom is 0.332 e. The fourth-order valence-corrected chi connectivity index (χ4v) is 3.82. The van der Waals surface area contributed by atoms with Crippen LogP contribution in [0.3, 0.4) is 0 Å². The minimum atomic E-state index is -0.953. The third-order valence-corrected chi connectivity index (χ3v) is 5.96. The first-order valence-electron chi connectivity index (χ1n) is 9.60. The molecule has 0 bridgehead atoms. The molecule has 5 nitrogen and oxygen atoms in total. The SMILES string of the molecule is CC1(C)C(=O)N(c2ccc(Oc3ccccc3)cc2)C(=O)N1Cc1ccccc1Br. The molecule has 6 heteroatoms. The van der Waals surface area contributed by atoms with Gasteiger partial charge in [-0.2, -0.15) is 0 Å². The second-order valence-corrected chi connectivity index (χ2v) is 8.42. The summed E-state index contributed by atoms with van der Waals surface area (Å²) >= 11 is 3.52. The van der Waals surface area contributed by atoms with E-state index in [9.17, 15) is 9.59 Å². The lowest BCUT2D eigenvalue weighted by atomic mass is 10.0. The smallest absolute Gasteiger partial charge is 0.332 e. The van der Waals surface area contributed by atoms with Crippen LogP contribution in [0.4, 0.5) is 10.5 Å². The lowest BCUT2D eigenvalue weighted by molar-refractivity contribution is -0.123. The molecule has 30 heavy (non-hydrogen) atoms. The number of amides is 3. The molecule has 3 amide bonds. The summed E-state index contributed by atoms with van der Waals surface area (Å²) in [4.78, 5) is 29.2. The standard InChI is InChI=1S/C24H21BrN2O3/c1-24(2)22(28)27(23(29)26(24)16-17-8-6-7-11-21(17)25)18-12-14-20(15-13-18)30-19-9-4-3-5-10-19/h3-15H,16H2,1-2H3. The van der Waals surface area contributed by atoms with Crippen LogP contribution < -0.4 is 9.64 Å². The maximum absolute atomic E-state index is 13.2. The summed E-state index contributed by atoms with van der Waals surface area (Å²) in [5.74, 6) is 1.10. The van der Waals surface area contributed by atoms with E-state index in [1.165, 1.54) is 4.90 Å². The van der Waals surface area contributed by atoms with Crippen molar-refractivity contribution in [2.75, 3.05) is 4.90 Å². The number of urea groups is 1. The summed E-state index contributed by atoms with van der Waals surface area (Å²) in [5, 5.41) is 0. The number of para-hydroxylation sites is 1. The molecule has 0 aliphatic carbocycles. The van der Waals surface area contributed by atoms with Crippen LogP contribution >= 0.6 is 15.9 Å². The molecule has 0 radical (unpaired) electrons. The van der Waals surface area contributed by atoms with Gasteiger partial charge >= 0.3 is 6.03 Å². The van der Waals surface area contributed by atoms with Gasteiger partial charge in [0, 0.05) is 11.0 Å². The summed E-state index contributed by atoms with van der Waals surface area (Å²) in [6.07, 6.45) is 0. The van der Waals surface area contributed by atoms with Gasteiger partial charge in [-0.05, 0) is 61.9 Å². The zero-order chi connectivity index (χ0) is 21.3. The van der Waals surface area contributed by atoms with E-state index >= 15 is 0 Å². The minimum Gasteiger partial charge on any atom is -0.457 e. The first-order chi connectivity index (χ1) is 14.4. The topological polar surface area (TPSA) is 49.9 Å². The van der Waals surface area contributed by atoms with Gasteiger partial charge < -0.3 is 9.64 Å². The average molecular weight is 465 g/mol.